The first-order valence-corrected chi connectivity index (χ1v) is 6.56. The monoisotopic (exact) mass is 235 g/mol. The van der Waals surface area contributed by atoms with Crippen LogP contribution in [-0.4, -0.2) is 16.0 Å². The average Bonchev–Trinajstić information content (AvgIpc) is 2.24. The number of aryl methyl sites for hydroxylation is 1. The van der Waals surface area contributed by atoms with Gasteiger partial charge in [0, 0.05) is 23.7 Å². The van der Waals surface area contributed by atoms with Crippen molar-refractivity contribution in [2.75, 3.05) is 5.32 Å². The molecule has 1 rings (SSSR count). The molecule has 0 fully saturated rings. The molecule has 17 heavy (non-hydrogen) atoms. The van der Waals surface area contributed by atoms with Gasteiger partial charge >= 0.3 is 0 Å². The Kier molecular flexibility index (Phi) is 4.91. The molecule has 0 saturated carbocycles. The van der Waals surface area contributed by atoms with E-state index in [4.69, 9.17) is 0 Å². The molecule has 3 heteroatoms. The second-order valence-corrected chi connectivity index (χ2v) is 5.31. The first-order chi connectivity index (χ1) is 7.93. The third-order valence-electron chi connectivity index (χ3n) is 2.97. The van der Waals surface area contributed by atoms with Crippen molar-refractivity contribution in [3.63, 3.8) is 0 Å². The predicted octanol–water partition coefficient (Wildman–Crippen LogP) is 3.75. The van der Waals surface area contributed by atoms with Crippen LogP contribution in [0.25, 0.3) is 0 Å². The molecular formula is C14H25N3. The van der Waals surface area contributed by atoms with E-state index in [1.165, 1.54) is 0 Å². The van der Waals surface area contributed by atoms with Crippen molar-refractivity contribution < 1.29 is 0 Å². The average molecular weight is 235 g/mol. The quantitative estimate of drug-likeness (QED) is 0.844. The van der Waals surface area contributed by atoms with Crippen LogP contribution in [-0.2, 0) is 0 Å². The number of nitrogens with zero attached hydrogens (tertiary/aromatic N) is 2. The Morgan fingerprint density at radius 1 is 1.18 bits per heavy atom. The fourth-order valence-corrected chi connectivity index (χ4v) is 1.85. The molecule has 1 atom stereocenters. The van der Waals surface area contributed by atoms with Crippen LogP contribution >= 0.6 is 0 Å². The van der Waals surface area contributed by atoms with E-state index < -0.39 is 0 Å². The molecule has 0 amide bonds. The molecule has 0 bridgehead atoms. The first-order valence-electron chi connectivity index (χ1n) is 6.56. The summed E-state index contributed by atoms with van der Waals surface area (Å²) in [5.41, 5.74) is 1.03. The molecule has 0 aliphatic rings. The van der Waals surface area contributed by atoms with Crippen LogP contribution in [0.4, 0.5) is 5.82 Å². The summed E-state index contributed by atoms with van der Waals surface area (Å²) in [6.45, 7) is 12.9. The second-order valence-electron chi connectivity index (χ2n) is 5.31. The number of anilines is 1. The maximum absolute atomic E-state index is 4.58. The number of hydrogen-bond donors (Lipinski definition) is 1. The van der Waals surface area contributed by atoms with Crippen LogP contribution in [0.2, 0.25) is 0 Å². The summed E-state index contributed by atoms with van der Waals surface area (Å²) in [6, 6.07) is 2.50. The molecule has 1 heterocycles. The van der Waals surface area contributed by atoms with Gasteiger partial charge in [0.2, 0.25) is 0 Å². The van der Waals surface area contributed by atoms with Gasteiger partial charge in [-0.05, 0) is 19.3 Å². The minimum atomic E-state index is 0.370. The maximum Gasteiger partial charge on any atom is 0.133 e. The van der Waals surface area contributed by atoms with Gasteiger partial charge in [0.15, 0.2) is 0 Å². The molecule has 96 valence electrons. The maximum atomic E-state index is 4.58. The van der Waals surface area contributed by atoms with Gasteiger partial charge in [-0.25, -0.2) is 9.97 Å². The van der Waals surface area contributed by atoms with Gasteiger partial charge in [-0.1, -0.05) is 34.6 Å². The molecule has 0 aliphatic carbocycles. The van der Waals surface area contributed by atoms with Crippen molar-refractivity contribution in [1.29, 1.82) is 0 Å². The van der Waals surface area contributed by atoms with Crippen molar-refractivity contribution in [3.05, 3.63) is 17.6 Å². The van der Waals surface area contributed by atoms with Crippen molar-refractivity contribution in [2.45, 2.75) is 59.9 Å². The Bertz CT molecular complexity index is 358. The molecule has 0 aliphatic heterocycles. The van der Waals surface area contributed by atoms with E-state index in [1.54, 1.807) is 0 Å². The Balaban J connectivity index is 2.90. The lowest BCUT2D eigenvalue weighted by atomic mass is 10.0. The fraction of sp³-hybridized carbons (Fsp3) is 0.714. The van der Waals surface area contributed by atoms with E-state index in [0.29, 0.717) is 17.9 Å². The molecular weight excluding hydrogens is 210 g/mol. The third kappa shape index (κ3) is 3.99. The standard InChI is InChI=1S/C14H25N3/c1-7-12(9(2)3)16-13-8-11(6)15-14(17-13)10(4)5/h8-10,12H,7H2,1-6H3,(H,15,16,17). The lowest BCUT2D eigenvalue weighted by Gasteiger charge is -2.22. The van der Waals surface area contributed by atoms with Crippen LogP contribution in [0.15, 0.2) is 6.07 Å². The van der Waals surface area contributed by atoms with Crippen LogP contribution in [0.3, 0.4) is 0 Å². The predicted molar refractivity (Wildman–Crippen MR) is 73.4 cm³/mol. The molecule has 1 aromatic rings. The number of hydrogen-bond acceptors (Lipinski definition) is 3. The number of nitrogens with one attached hydrogen (secondary N) is 1. The Morgan fingerprint density at radius 3 is 2.29 bits per heavy atom. The summed E-state index contributed by atoms with van der Waals surface area (Å²) in [7, 11) is 0. The van der Waals surface area contributed by atoms with E-state index in [9.17, 15) is 0 Å². The zero-order chi connectivity index (χ0) is 13.0. The van der Waals surface area contributed by atoms with E-state index in [0.717, 1.165) is 23.8 Å². The summed E-state index contributed by atoms with van der Waals surface area (Å²) in [5, 5.41) is 3.51. The van der Waals surface area contributed by atoms with Gasteiger partial charge in [0.05, 0.1) is 0 Å². The Labute approximate surface area is 105 Å². The highest BCUT2D eigenvalue weighted by molar-refractivity contribution is 5.37. The first kappa shape index (κ1) is 13.9. The Morgan fingerprint density at radius 2 is 1.82 bits per heavy atom. The van der Waals surface area contributed by atoms with Gasteiger partial charge < -0.3 is 5.32 Å². The van der Waals surface area contributed by atoms with Gasteiger partial charge in [0.1, 0.15) is 11.6 Å². The van der Waals surface area contributed by atoms with E-state index in [-0.39, 0.29) is 0 Å². The lowest BCUT2D eigenvalue weighted by Crippen LogP contribution is -2.25. The van der Waals surface area contributed by atoms with Crippen LogP contribution in [0.5, 0.6) is 0 Å². The second kappa shape index (κ2) is 5.99. The molecule has 1 unspecified atom stereocenters. The molecule has 1 N–H and O–H groups in total. The fourth-order valence-electron chi connectivity index (χ4n) is 1.85. The molecule has 0 saturated heterocycles. The SMILES string of the molecule is CCC(Nc1cc(C)nc(C(C)C)n1)C(C)C. The summed E-state index contributed by atoms with van der Waals surface area (Å²) >= 11 is 0. The highest BCUT2D eigenvalue weighted by Gasteiger charge is 2.13. The van der Waals surface area contributed by atoms with E-state index >= 15 is 0 Å². The molecule has 0 radical (unpaired) electrons. The smallest absolute Gasteiger partial charge is 0.133 e. The van der Waals surface area contributed by atoms with Gasteiger partial charge in [0.25, 0.3) is 0 Å². The van der Waals surface area contributed by atoms with Crippen molar-refractivity contribution in [3.8, 4) is 0 Å². The van der Waals surface area contributed by atoms with Crippen LogP contribution in [0, 0.1) is 12.8 Å². The normalized spacial score (nSPS) is 13.2. The highest BCUT2D eigenvalue weighted by atomic mass is 15.1. The van der Waals surface area contributed by atoms with Crippen LogP contribution in [0.1, 0.15) is 58.5 Å². The van der Waals surface area contributed by atoms with Gasteiger partial charge in [-0.3, -0.25) is 0 Å². The van der Waals surface area contributed by atoms with Crippen molar-refractivity contribution in [2.24, 2.45) is 5.92 Å². The number of aromatic nitrogens is 2. The van der Waals surface area contributed by atoms with E-state index in [2.05, 4.69) is 49.9 Å². The van der Waals surface area contributed by atoms with Crippen molar-refractivity contribution >= 4 is 5.82 Å². The summed E-state index contributed by atoms with van der Waals surface area (Å²) < 4.78 is 0. The van der Waals surface area contributed by atoms with E-state index in [1.807, 2.05) is 13.0 Å². The molecule has 1 aromatic heterocycles. The molecule has 0 spiro atoms. The summed E-state index contributed by atoms with van der Waals surface area (Å²) in [6.07, 6.45) is 1.11. The zero-order valence-corrected chi connectivity index (χ0v) is 11.9. The number of rotatable bonds is 5. The third-order valence-corrected chi connectivity index (χ3v) is 2.97. The van der Waals surface area contributed by atoms with Gasteiger partial charge in [-0.2, -0.15) is 0 Å². The molecule has 0 aromatic carbocycles. The minimum Gasteiger partial charge on any atom is -0.367 e. The largest absolute Gasteiger partial charge is 0.367 e. The van der Waals surface area contributed by atoms with Crippen molar-refractivity contribution in [1.82, 2.24) is 9.97 Å². The minimum absolute atomic E-state index is 0.370. The zero-order valence-electron chi connectivity index (χ0n) is 11.9. The Hall–Kier alpha value is -1.12. The van der Waals surface area contributed by atoms with Gasteiger partial charge in [-0.15, -0.1) is 0 Å². The summed E-state index contributed by atoms with van der Waals surface area (Å²) in [4.78, 5) is 9.04. The topological polar surface area (TPSA) is 37.8 Å². The molecule has 3 nitrogen and oxygen atoms in total. The lowest BCUT2D eigenvalue weighted by molar-refractivity contribution is 0.509. The summed E-state index contributed by atoms with van der Waals surface area (Å²) in [5.74, 6) is 2.86. The highest BCUT2D eigenvalue weighted by Crippen LogP contribution is 2.17. The van der Waals surface area contributed by atoms with Crippen LogP contribution < -0.4 is 5.32 Å².